The van der Waals surface area contributed by atoms with Crippen LogP contribution in [0.2, 0.25) is 0 Å². The van der Waals surface area contributed by atoms with Gasteiger partial charge in [0.15, 0.2) is 0 Å². The number of anilines is 1. The summed E-state index contributed by atoms with van der Waals surface area (Å²) in [6.45, 7) is 6.18. The van der Waals surface area contributed by atoms with E-state index in [0.717, 1.165) is 22.4 Å². The molecule has 0 radical (unpaired) electrons. The highest BCUT2D eigenvalue weighted by Gasteiger charge is 2.19. The van der Waals surface area contributed by atoms with Crippen LogP contribution in [0.15, 0.2) is 83.3 Å². The van der Waals surface area contributed by atoms with Gasteiger partial charge in [-0.1, -0.05) is 51.1 Å². The summed E-state index contributed by atoms with van der Waals surface area (Å²) in [4.78, 5) is 23.6. The van der Waals surface area contributed by atoms with Crippen LogP contribution < -0.4 is 10.6 Å². The van der Waals surface area contributed by atoms with Crippen molar-refractivity contribution in [2.45, 2.75) is 33.2 Å². The number of aromatic nitrogens is 2. The van der Waals surface area contributed by atoms with Crippen molar-refractivity contribution in [3.8, 4) is 22.9 Å². The summed E-state index contributed by atoms with van der Waals surface area (Å²) in [5.74, 6) is -0.553. The lowest BCUT2D eigenvalue weighted by atomic mass is 9.94. The Bertz CT molecular complexity index is 1350. The Labute approximate surface area is 222 Å². The highest BCUT2D eigenvalue weighted by molar-refractivity contribution is 5.94. The van der Waals surface area contributed by atoms with E-state index in [0.29, 0.717) is 29.7 Å². The molecule has 0 aliphatic carbocycles. The first-order valence-electron chi connectivity index (χ1n) is 12.7. The summed E-state index contributed by atoms with van der Waals surface area (Å²) in [7, 11) is 0. The average Bonchev–Trinajstić information content (AvgIpc) is 3.43. The molecule has 0 fully saturated rings. The van der Waals surface area contributed by atoms with Gasteiger partial charge in [0, 0.05) is 28.9 Å². The minimum absolute atomic E-state index is 0.0344. The smallest absolute Gasteiger partial charge is 0.308 e. The number of amides is 1. The summed E-state index contributed by atoms with van der Waals surface area (Å²) < 4.78 is 5.88. The molecule has 1 heterocycles. The molecule has 1 amide bonds. The van der Waals surface area contributed by atoms with Crippen LogP contribution in [0, 0.1) is 11.8 Å². The molecule has 1 aromatic heterocycles. The first kappa shape index (κ1) is 26.6. The first-order chi connectivity index (χ1) is 18.4. The number of benzene rings is 3. The number of rotatable bonds is 11. The molecular formula is C30H32N4O4. The number of hydrogen-bond acceptors (Lipinski definition) is 6. The fourth-order valence-electron chi connectivity index (χ4n) is 4.13. The van der Waals surface area contributed by atoms with Gasteiger partial charge in [0.1, 0.15) is 0 Å². The number of aliphatic carboxylic acids is 1. The number of carbonyl (C=O) groups excluding carboxylic acids is 1. The third-order valence-electron chi connectivity index (χ3n) is 6.45. The first-order valence-corrected chi connectivity index (χ1v) is 12.7. The molecule has 0 saturated heterocycles. The van der Waals surface area contributed by atoms with E-state index in [1.807, 2.05) is 66.7 Å². The van der Waals surface area contributed by atoms with Crippen molar-refractivity contribution in [1.29, 1.82) is 0 Å². The lowest BCUT2D eigenvalue weighted by Gasteiger charge is -2.24. The zero-order valence-corrected chi connectivity index (χ0v) is 21.7. The zero-order chi connectivity index (χ0) is 27.1. The van der Waals surface area contributed by atoms with Gasteiger partial charge in [0.2, 0.25) is 11.8 Å². The monoisotopic (exact) mass is 512 g/mol. The van der Waals surface area contributed by atoms with Crippen LogP contribution in [0.3, 0.4) is 0 Å². The van der Waals surface area contributed by atoms with Gasteiger partial charge in [-0.05, 0) is 66.4 Å². The molecule has 0 spiro atoms. The molecule has 0 aliphatic heterocycles. The second kappa shape index (κ2) is 12.2. The van der Waals surface area contributed by atoms with E-state index in [2.05, 4.69) is 34.7 Å². The minimum atomic E-state index is -0.908. The predicted molar refractivity (Wildman–Crippen MR) is 147 cm³/mol. The van der Waals surface area contributed by atoms with Crippen LogP contribution in [0.1, 0.15) is 49.2 Å². The highest BCUT2D eigenvalue weighted by atomic mass is 16.4. The van der Waals surface area contributed by atoms with E-state index in [-0.39, 0.29) is 18.5 Å². The molecule has 4 aromatic rings. The Morgan fingerprint density at radius 1 is 0.868 bits per heavy atom. The van der Waals surface area contributed by atoms with E-state index in [1.165, 1.54) is 0 Å². The molecule has 196 valence electrons. The fourth-order valence-corrected chi connectivity index (χ4v) is 4.13. The molecule has 8 heteroatoms. The Morgan fingerprint density at radius 3 is 2.03 bits per heavy atom. The lowest BCUT2D eigenvalue weighted by Crippen LogP contribution is -2.32. The predicted octanol–water partition coefficient (Wildman–Crippen LogP) is 6.05. The third-order valence-corrected chi connectivity index (χ3v) is 6.45. The molecule has 38 heavy (non-hydrogen) atoms. The summed E-state index contributed by atoms with van der Waals surface area (Å²) in [6.07, 6.45) is 0.458. The van der Waals surface area contributed by atoms with E-state index < -0.39 is 11.9 Å². The van der Waals surface area contributed by atoms with Crippen LogP contribution in [0.25, 0.3) is 22.9 Å². The maximum Gasteiger partial charge on any atom is 0.308 e. The molecule has 3 aromatic carbocycles. The van der Waals surface area contributed by atoms with Crippen molar-refractivity contribution in [3.05, 3.63) is 90.0 Å². The zero-order valence-electron chi connectivity index (χ0n) is 21.7. The standard InChI is InChI=1S/C30H32N4O4/c1-4-20(30(36)37)18-31-27(35)22-14-16-25(17-15-22)32-26(19(2)3)21-10-12-24(13-11-21)29-34-33-28(38-29)23-8-6-5-7-9-23/h5-17,19-20,26,32H,4,18H2,1-3H3,(H,31,35)(H,36,37). The maximum atomic E-state index is 12.4. The van der Waals surface area contributed by atoms with Gasteiger partial charge < -0.3 is 20.2 Å². The van der Waals surface area contributed by atoms with E-state index in [4.69, 9.17) is 9.52 Å². The summed E-state index contributed by atoms with van der Waals surface area (Å²) in [5.41, 5.74) is 4.18. The number of carboxylic acids is 1. The second-order valence-corrected chi connectivity index (χ2v) is 9.50. The number of nitrogens with zero attached hydrogens (tertiary/aromatic N) is 2. The Hall–Kier alpha value is -4.46. The maximum absolute atomic E-state index is 12.4. The quantitative estimate of drug-likeness (QED) is 0.224. The highest BCUT2D eigenvalue weighted by Crippen LogP contribution is 2.30. The van der Waals surface area contributed by atoms with E-state index >= 15 is 0 Å². The number of nitrogens with one attached hydrogen (secondary N) is 2. The SMILES string of the molecule is CCC(CNC(=O)c1ccc(NC(c2ccc(-c3nnc(-c4ccccc4)o3)cc2)C(C)C)cc1)C(=O)O. The van der Waals surface area contributed by atoms with Crippen molar-refractivity contribution in [2.24, 2.45) is 11.8 Å². The molecule has 0 saturated carbocycles. The van der Waals surface area contributed by atoms with Crippen molar-refractivity contribution in [1.82, 2.24) is 15.5 Å². The molecule has 0 bridgehead atoms. The van der Waals surface area contributed by atoms with Gasteiger partial charge in [-0.25, -0.2) is 0 Å². The fraction of sp³-hybridized carbons (Fsp3) is 0.267. The Morgan fingerprint density at radius 2 is 1.47 bits per heavy atom. The largest absolute Gasteiger partial charge is 0.481 e. The molecule has 2 atom stereocenters. The van der Waals surface area contributed by atoms with Crippen molar-refractivity contribution >= 4 is 17.6 Å². The summed E-state index contributed by atoms with van der Waals surface area (Å²) >= 11 is 0. The van der Waals surface area contributed by atoms with E-state index in [1.54, 1.807) is 19.1 Å². The van der Waals surface area contributed by atoms with Crippen LogP contribution in [0.4, 0.5) is 5.69 Å². The van der Waals surface area contributed by atoms with Gasteiger partial charge in [0.05, 0.1) is 12.0 Å². The summed E-state index contributed by atoms with van der Waals surface area (Å²) in [6, 6.07) is 24.9. The van der Waals surface area contributed by atoms with Gasteiger partial charge in [-0.15, -0.1) is 10.2 Å². The van der Waals surface area contributed by atoms with Gasteiger partial charge in [-0.2, -0.15) is 0 Å². The van der Waals surface area contributed by atoms with E-state index in [9.17, 15) is 9.59 Å². The van der Waals surface area contributed by atoms with Crippen LogP contribution in [0.5, 0.6) is 0 Å². The average molecular weight is 513 g/mol. The number of carbonyl (C=O) groups is 2. The number of hydrogen-bond donors (Lipinski definition) is 3. The van der Waals surface area contributed by atoms with Crippen molar-refractivity contribution < 1.29 is 19.1 Å². The van der Waals surface area contributed by atoms with Gasteiger partial charge in [-0.3, -0.25) is 9.59 Å². The van der Waals surface area contributed by atoms with Gasteiger partial charge in [0.25, 0.3) is 5.91 Å². The number of carboxylic acid groups (broad SMARTS) is 1. The van der Waals surface area contributed by atoms with Crippen molar-refractivity contribution in [3.63, 3.8) is 0 Å². The topological polar surface area (TPSA) is 117 Å². The Balaban J connectivity index is 1.42. The normalized spacial score (nSPS) is 12.6. The molecule has 3 N–H and O–H groups in total. The summed E-state index contributed by atoms with van der Waals surface area (Å²) in [5, 5.41) is 23.8. The molecular weight excluding hydrogens is 480 g/mol. The molecule has 0 aliphatic rings. The third kappa shape index (κ3) is 6.45. The van der Waals surface area contributed by atoms with Crippen LogP contribution >= 0.6 is 0 Å². The molecule has 8 nitrogen and oxygen atoms in total. The lowest BCUT2D eigenvalue weighted by molar-refractivity contribution is -0.141. The molecule has 4 rings (SSSR count). The minimum Gasteiger partial charge on any atom is -0.481 e. The van der Waals surface area contributed by atoms with Gasteiger partial charge >= 0.3 is 5.97 Å². The van der Waals surface area contributed by atoms with Crippen molar-refractivity contribution in [2.75, 3.05) is 11.9 Å². The Kier molecular flexibility index (Phi) is 8.53. The second-order valence-electron chi connectivity index (χ2n) is 9.50. The van der Waals surface area contributed by atoms with Crippen LogP contribution in [-0.4, -0.2) is 33.7 Å². The molecule has 2 unspecified atom stereocenters. The van der Waals surface area contributed by atoms with Crippen LogP contribution in [-0.2, 0) is 4.79 Å².